The van der Waals surface area contributed by atoms with Crippen LogP contribution in [0.1, 0.15) is 18.9 Å². The number of carbonyl (C=O) groups is 2. The Morgan fingerprint density at radius 3 is 2.85 bits per heavy atom. The van der Waals surface area contributed by atoms with Crippen LogP contribution < -0.4 is 5.32 Å². The number of likely N-dealkylation sites (tertiary alicyclic amines) is 1. The summed E-state index contributed by atoms with van der Waals surface area (Å²) >= 11 is 0. The van der Waals surface area contributed by atoms with Gasteiger partial charge in [-0.05, 0) is 31.5 Å². The van der Waals surface area contributed by atoms with E-state index < -0.39 is 11.9 Å². The lowest BCUT2D eigenvalue weighted by Gasteiger charge is -2.23. The second kappa shape index (κ2) is 5.66. The molecular formula is C15H16N2O3. The number of rotatable bonds is 2. The van der Waals surface area contributed by atoms with Crippen LogP contribution in [0.5, 0.6) is 0 Å². The Kier molecular flexibility index (Phi) is 3.94. The average Bonchev–Trinajstić information content (AvgIpc) is 2.81. The highest BCUT2D eigenvalue weighted by Gasteiger charge is 2.38. The highest BCUT2D eigenvalue weighted by molar-refractivity contribution is 5.90. The number of urea groups is 1. The molecule has 0 aliphatic carbocycles. The Balaban J connectivity index is 2.06. The van der Waals surface area contributed by atoms with Gasteiger partial charge in [0.1, 0.15) is 0 Å². The Bertz CT molecular complexity index is 577. The zero-order chi connectivity index (χ0) is 14.7. The summed E-state index contributed by atoms with van der Waals surface area (Å²) in [5.41, 5.74) is 1.29. The summed E-state index contributed by atoms with van der Waals surface area (Å²) in [6.07, 6.45) is 5.79. The van der Waals surface area contributed by atoms with Crippen LogP contribution in [0, 0.1) is 18.3 Å². The van der Waals surface area contributed by atoms with Crippen molar-refractivity contribution in [1.29, 1.82) is 0 Å². The third-order valence-corrected chi connectivity index (χ3v) is 3.61. The van der Waals surface area contributed by atoms with E-state index in [-0.39, 0.29) is 12.1 Å². The molecule has 5 heteroatoms. The van der Waals surface area contributed by atoms with Gasteiger partial charge in [-0.15, -0.1) is 6.42 Å². The van der Waals surface area contributed by atoms with E-state index in [1.54, 1.807) is 36.1 Å². The molecule has 104 valence electrons. The molecule has 1 fully saturated rings. The summed E-state index contributed by atoms with van der Waals surface area (Å²) in [5, 5.41) is 11.8. The van der Waals surface area contributed by atoms with Crippen molar-refractivity contribution in [2.45, 2.75) is 19.4 Å². The van der Waals surface area contributed by atoms with Gasteiger partial charge >= 0.3 is 12.0 Å². The van der Waals surface area contributed by atoms with Crippen molar-refractivity contribution in [2.24, 2.45) is 5.92 Å². The number of benzene rings is 1. The number of carboxylic acid groups (broad SMARTS) is 1. The van der Waals surface area contributed by atoms with Gasteiger partial charge in [-0.3, -0.25) is 4.79 Å². The van der Waals surface area contributed by atoms with Gasteiger partial charge in [0.05, 0.1) is 5.92 Å². The zero-order valence-corrected chi connectivity index (χ0v) is 11.2. The summed E-state index contributed by atoms with van der Waals surface area (Å²) in [7, 11) is 0. The molecule has 1 saturated heterocycles. The van der Waals surface area contributed by atoms with E-state index in [4.69, 9.17) is 11.5 Å². The van der Waals surface area contributed by atoms with Crippen LogP contribution in [0.4, 0.5) is 10.5 Å². The Morgan fingerprint density at radius 2 is 2.25 bits per heavy atom. The van der Waals surface area contributed by atoms with Crippen LogP contribution in [-0.2, 0) is 4.79 Å². The molecule has 2 N–H and O–H groups in total. The number of amides is 2. The maximum atomic E-state index is 12.2. The first kappa shape index (κ1) is 13.9. The number of anilines is 1. The highest BCUT2D eigenvalue weighted by atomic mass is 16.4. The van der Waals surface area contributed by atoms with Gasteiger partial charge in [-0.25, -0.2) is 4.79 Å². The molecule has 5 nitrogen and oxygen atoms in total. The first-order valence-corrected chi connectivity index (χ1v) is 6.40. The number of hydrogen-bond donors (Lipinski definition) is 2. The minimum atomic E-state index is -0.859. The van der Waals surface area contributed by atoms with E-state index in [1.165, 1.54) is 0 Å². The smallest absolute Gasteiger partial charge is 0.322 e. The van der Waals surface area contributed by atoms with Crippen LogP contribution in [0.3, 0.4) is 0 Å². The van der Waals surface area contributed by atoms with Gasteiger partial charge in [0, 0.05) is 23.8 Å². The minimum Gasteiger partial charge on any atom is -0.481 e. The summed E-state index contributed by atoms with van der Waals surface area (Å²) in [4.78, 5) is 24.7. The van der Waals surface area contributed by atoms with E-state index in [0.717, 1.165) is 0 Å². The van der Waals surface area contributed by atoms with Crippen LogP contribution in [0.15, 0.2) is 24.3 Å². The molecule has 2 rings (SSSR count). The summed E-state index contributed by atoms with van der Waals surface area (Å²) in [6.45, 7) is 2.20. The number of aliphatic carboxylic acids is 1. The predicted molar refractivity (Wildman–Crippen MR) is 75.3 cm³/mol. The maximum Gasteiger partial charge on any atom is 0.322 e. The molecular weight excluding hydrogens is 256 g/mol. The minimum absolute atomic E-state index is 0.296. The van der Waals surface area contributed by atoms with Crippen molar-refractivity contribution in [1.82, 2.24) is 4.90 Å². The lowest BCUT2D eigenvalue weighted by molar-refractivity contribution is -0.142. The first-order chi connectivity index (χ1) is 9.52. The molecule has 0 aromatic heterocycles. The number of nitrogens with one attached hydrogen (secondary N) is 1. The van der Waals surface area contributed by atoms with Crippen LogP contribution >= 0.6 is 0 Å². The first-order valence-electron chi connectivity index (χ1n) is 6.40. The molecule has 2 unspecified atom stereocenters. The van der Waals surface area contributed by atoms with Crippen LogP contribution in [-0.4, -0.2) is 34.6 Å². The van der Waals surface area contributed by atoms with Gasteiger partial charge in [0.25, 0.3) is 0 Å². The topological polar surface area (TPSA) is 69.6 Å². The van der Waals surface area contributed by atoms with Gasteiger partial charge in [0.15, 0.2) is 0 Å². The SMILES string of the molecule is C#Cc1cccc(NC(=O)N2CCC(C(=O)O)C2C)c1. The number of carboxylic acids is 1. The fourth-order valence-corrected chi connectivity index (χ4v) is 2.44. The van der Waals surface area contributed by atoms with Crippen LogP contribution in [0.2, 0.25) is 0 Å². The lowest BCUT2D eigenvalue weighted by Crippen LogP contribution is -2.40. The van der Waals surface area contributed by atoms with E-state index >= 15 is 0 Å². The van der Waals surface area contributed by atoms with Crippen molar-refractivity contribution in [3.63, 3.8) is 0 Å². The quantitative estimate of drug-likeness (QED) is 0.809. The molecule has 1 aliphatic heterocycles. The molecule has 1 aromatic carbocycles. The molecule has 0 radical (unpaired) electrons. The van der Waals surface area contributed by atoms with Gasteiger partial charge in [-0.1, -0.05) is 12.0 Å². The molecule has 0 bridgehead atoms. The Labute approximate surface area is 117 Å². The van der Waals surface area contributed by atoms with Gasteiger partial charge < -0.3 is 15.3 Å². The van der Waals surface area contributed by atoms with E-state index in [1.807, 2.05) is 0 Å². The van der Waals surface area contributed by atoms with E-state index in [9.17, 15) is 9.59 Å². The second-order valence-corrected chi connectivity index (χ2v) is 4.82. The fourth-order valence-electron chi connectivity index (χ4n) is 2.44. The molecule has 20 heavy (non-hydrogen) atoms. The normalized spacial score (nSPS) is 21.3. The van der Waals surface area contributed by atoms with Crippen molar-refractivity contribution in [3.05, 3.63) is 29.8 Å². The van der Waals surface area contributed by atoms with Gasteiger partial charge in [0.2, 0.25) is 0 Å². The second-order valence-electron chi connectivity index (χ2n) is 4.82. The number of hydrogen-bond acceptors (Lipinski definition) is 2. The van der Waals surface area contributed by atoms with Crippen molar-refractivity contribution in [2.75, 3.05) is 11.9 Å². The Morgan fingerprint density at radius 1 is 1.50 bits per heavy atom. The molecule has 1 aliphatic rings. The third kappa shape index (κ3) is 2.75. The zero-order valence-electron chi connectivity index (χ0n) is 11.2. The molecule has 2 atom stereocenters. The lowest BCUT2D eigenvalue weighted by atomic mass is 10.0. The summed E-state index contributed by atoms with van der Waals surface area (Å²) in [5.74, 6) is 1.14. The summed E-state index contributed by atoms with van der Waals surface area (Å²) < 4.78 is 0. The van der Waals surface area contributed by atoms with Crippen LogP contribution in [0.25, 0.3) is 0 Å². The van der Waals surface area contributed by atoms with Crippen molar-refractivity contribution >= 4 is 17.7 Å². The number of nitrogens with zero attached hydrogens (tertiary/aromatic N) is 1. The third-order valence-electron chi connectivity index (χ3n) is 3.61. The average molecular weight is 272 g/mol. The van der Waals surface area contributed by atoms with Crippen molar-refractivity contribution in [3.8, 4) is 12.3 Å². The monoisotopic (exact) mass is 272 g/mol. The van der Waals surface area contributed by atoms with E-state index in [0.29, 0.717) is 24.2 Å². The number of carbonyl (C=O) groups excluding carboxylic acids is 1. The van der Waals surface area contributed by atoms with E-state index in [2.05, 4.69) is 11.2 Å². The largest absolute Gasteiger partial charge is 0.481 e. The highest BCUT2D eigenvalue weighted by Crippen LogP contribution is 2.25. The maximum absolute atomic E-state index is 12.2. The Hall–Kier alpha value is -2.48. The molecule has 1 heterocycles. The van der Waals surface area contributed by atoms with Gasteiger partial charge in [-0.2, -0.15) is 0 Å². The summed E-state index contributed by atoms with van der Waals surface area (Å²) in [6, 6.07) is 6.37. The molecule has 0 spiro atoms. The molecule has 2 amide bonds. The number of terminal acetylenes is 1. The molecule has 0 saturated carbocycles. The standard InChI is InChI=1S/C15H16N2O3/c1-3-11-5-4-6-12(9-11)16-15(20)17-8-7-13(10(17)2)14(18)19/h1,4-6,9-10,13H,7-8H2,2H3,(H,16,20)(H,18,19). The predicted octanol–water partition coefficient (Wildman–Crippen LogP) is 1.99. The van der Waals surface area contributed by atoms with Crippen molar-refractivity contribution < 1.29 is 14.7 Å². The fraction of sp³-hybridized carbons (Fsp3) is 0.333. The molecule has 1 aromatic rings.